The number of carboxylic acids is 1. The highest BCUT2D eigenvalue weighted by atomic mass is 35.5. The van der Waals surface area contributed by atoms with Gasteiger partial charge in [0.05, 0.1) is 10.6 Å². The molecule has 0 fully saturated rings. The number of halogens is 3. The average molecular weight is 437 g/mol. The molecule has 1 aromatic heterocycles. The molecule has 142 valence electrons. The monoisotopic (exact) mass is 435 g/mol. The third-order valence-electron chi connectivity index (χ3n) is 3.64. The first kappa shape index (κ1) is 20.0. The maximum absolute atomic E-state index is 12.1. The van der Waals surface area contributed by atoms with Gasteiger partial charge in [-0.15, -0.1) is 0 Å². The van der Waals surface area contributed by atoms with Crippen LogP contribution in [0.4, 0.5) is 5.69 Å². The van der Waals surface area contributed by atoms with Gasteiger partial charge in [-0.05, 0) is 54.6 Å². The molecule has 0 aliphatic carbocycles. The number of nitrogens with one attached hydrogen (secondary N) is 1. The zero-order chi connectivity index (χ0) is 20.3. The fraction of sp³-hybridized carbons (Fsp3) is 0. The van der Waals surface area contributed by atoms with Crippen molar-refractivity contribution in [2.75, 3.05) is 5.32 Å². The summed E-state index contributed by atoms with van der Waals surface area (Å²) in [4.78, 5) is 23.2. The van der Waals surface area contributed by atoms with Crippen molar-refractivity contribution >= 4 is 58.4 Å². The second-order valence-electron chi connectivity index (χ2n) is 5.68. The Hall–Kier alpha value is -2.73. The largest absolute Gasteiger partial charge is 0.478 e. The molecule has 2 aromatic carbocycles. The molecule has 0 unspecified atom stereocenters. The van der Waals surface area contributed by atoms with Crippen LogP contribution in [0.3, 0.4) is 0 Å². The molecule has 0 spiro atoms. The third kappa shape index (κ3) is 4.95. The third-order valence-corrected chi connectivity index (χ3v) is 4.40. The van der Waals surface area contributed by atoms with Gasteiger partial charge in [-0.1, -0.05) is 34.8 Å². The number of carbonyl (C=O) groups is 2. The maximum atomic E-state index is 12.1. The molecular weight excluding hydrogens is 425 g/mol. The second kappa shape index (κ2) is 8.52. The van der Waals surface area contributed by atoms with E-state index in [1.807, 2.05) is 0 Å². The van der Waals surface area contributed by atoms with Gasteiger partial charge in [0, 0.05) is 27.4 Å². The van der Waals surface area contributed by atoms with Gasteiger partial charge in [-0.25, -0.2) is 4.79 Å². The first-order chi connectivity index (χ1) is 13.3. The van der Waals surface area contributed by atoms with Crippen LogP contribution in [0.25, 0.3) is 17.4 Å². The van der Waals surface area contributed by atoms with E-state index in [0.29, 0.717) is 32.8 Å². The highest BCUT2D eigenvalue weighted by Gasteiger charge is 2.10. The zero-order valence-electron chi connectivity index (χ0n) is 14.1. The fourth-order valence-electron chi connectivity index (χ4n) is 2.40. The minimum absolute atomic E-state index is 0.0882. The van der Waals surface area contributed by atoms with Crippen LogP contribution in [0.2, 0.25) is 15.1 Å². The Bertz CT molecular complexity index is 1070. The molecule has 0 aliphatic heterocycles. The number of carboxylic acid groups (broad SMARTS) is 1. The molecule has 0 saturated heterocycles. The minimum atomic E-state index is -1.18. The number of carbonyl (C=O) groups excluding carboxylic acids is 1. The van der Waals surface area contributed by atoms with Crippen molar-refractivity contribution in [3.63, 3.8) is 0 Å². The van der Waals surface area contributed by atoms with Crippen LogP contribution in [-0.4, -0.2) is 17.0 Å². The molecule has 1 amide bonds. The van der Waals surface area contributed by atoms with Crippen LogP contribution in [0.15, 0.2) is 59.0 Å². The van der Waals surface area contributed by atoms with E-state index in [4.69, 9.17) is 44.3 Å². The summed E-state index contributed by atoms with van der Waals surface area (Å²) in [6.45, 7) is 0. The molecule has 2 N–H and O–H groups in total. The van der Waals surface area contributed by atoms with Gasteiger partial charge in [-0.2, -0.15) is 0 Å². The molecule has 3 rings (SSSR count). The Balaban J connectivity index is 1.71. The Morgan fingerprint density at radius 1 is 0.964 bits per heavy atom. The molecule has 0 radical (unpaired) electrons. The van der Waals surface area contributed by atoms with Crippen LogP contribution in [0.5, 0.6) is 0 Å². The Kier molecular flexibility index (Phi) is 6.09. The van der Waals surface area contributed by atoms with Crippen molar-refractivity contribution in [3.05, 3.63) is 81.0 Å². The Morgan fingerprint density at radius 2 is 1.68 bits per heavy atom. The number of aromatic carboxylic acids is 1. The van der Waals surface area contributed by atoms with Gasteiger partial charge >= 0.3 is 5.97 Å². The van der Waals surface area contributed by atoms with Crippen molar-refractivity contribution in [1.82, 2.24) is 0 Å². The van der Waals surface area contributed by atoms with E-state index in [2.05, 4.69) is 5.32 Å². The van der Waals surface area contributed by atoms with Crippen LogP contribution < -0.4 is 5.32 Å². The number of hydrogen-bond acceptors (Lipinski definition) is 3. The number of anilines is 1. The molecule has 8 heteroatoms. The molecule has 28 heavy (non-hydrogen) atoms. The second-order valence-corrected chi connectivity index (χ2v) is 6.96. The molecule has 3 aromatic rings. The number of rotatable bonds is 5. The first-order valence-electron chi connectivity index (χ1n) is 7.90. The minimum Gasteiger partial charge on any atom is -0.478 e. The topological polar surface area (TPSA) is 79.5 Å². The lowest BCUT2D eigenvalue weighted by atomic mass is 10.2. The van der Waals surface area contributed by atoms with Crippen molar-refractivity contribution in [2.45, 2.75) is 0 Å². The SMILES string of the molecule is O=C(/C=C/c1ccc(-c2cc(Cl)cc(Cl)c2)o1)Nc1ccc(Cl)c(C(=O)O)c1. The summed E-state index contributed by atoms with van der Waals surface area (Å²) in [6, 6.07) is 12.7. The highest BCUT2D eigenvalue weighted by molar-refractivity contribution is 6.35. The van der Waals surface area contributed by atoms with E-state index >= 15 is 0 Å². The predicted molar refractivity (Wildman–Crippen MR) is 110 cm³/mol. The van der Waals surface area contributed by atoms with Crippen LogP contribution >= 0.6 is 34.8 Å². The van der Waals surface area contributed by atoms with Crippen molar-refractivity contribution in [2.24, 2.45) is 0 Å². The van der Waals surface area contributed by atoms with Gasteiger partial charge in [0.2, 0.25) is 5.91 Å². The molecule has 0 atom stereocenters. The van der Waals surface area contributed by atoms with Crippen molar-refractivity contribution in [1.29, 1.82) is 0 Å². The van der Waals surface area contributed by atoms with Gasteiger partial charge in [0.25, 0.3) is 0 Å². The number of furan rings is 1. The highest BCUT2D eigenvalue weighted by Crippen LogP contribution is 2.29. The van der Waals surface area contributed by atoms with E-state index in [-0.39, 0.29) is 10.6 Å². The van der Waals surface area contributed by atoms with Crippen LogP contribution in [0, 0.1) is 0 Å². The molecule has 5 nitrogen and oxygen atoms in total. The van der Waals surface area contributed by atoms with Gasteiger partial charge < -0.3 is 14.8 Å². The summed E-state index contributed by atoms with van der Waals surface area (Å²) in [7, 11) is 0. The summed E-state index contributed by atoms with van der Waals surface area (Å²) < 4.78 is 5.67. The number of amides is 1. The predicted octanol–water partition coefficient (Wildman–Crippen LogP) is 6.26. The number of hydrogen-bond donors (Lipinski definition) is 2. The number of benzene rings is 2. The Labute approximate surface area is 175 Å². The maximum Gasteiger partial charge on any atom is 0.337 e. The summed E-state index contributed by atoms with van der Waals surface area (Å²) >= 11 is 17.8. The van der Waals surface area contributed by atoms with Gasteiger partial charge in [0.1, 0.15) is 11.5 Å². The fourth-order valence-corrected chi connectivity index (χ4v) is 3.13. The molecular formula is C20H12Cl3NO4. The summed E-state index contributed by atoms with van der Waals surface area (Å²) in [6.07, 6.45) is 2.75. The molecule has 0 aliphatic rings. The molecule has 0 bridgehead atoms. The van der Waals surface area contributed by atoms with E-state index in [0.717, 1.165) is 0 Å². The van der Waals surface area contributed by atoms with E-state index < -0.39 is 11.9 Å². The lowest BCUT2D eigenvalue weighted by Crippen LogP contribution is -2.09. The van der Waals surface area contributed by atoms with E-state index in [1.54, 1.807) is 30.3 Å². The summed E-state index contributed by atoms with van der Waals surface area (Å²) in [5.74, 6) is -0.639. The lowest BCUT2D eigenvalue weighted by molar-refractivity contribution is -0.111. The standard InChI is InChI=1S/C20H12Cl3NO4/c21-12-7-11(8-13(22)9-12)18-5-2-15(28-18)3-6-19(25)24-14-1-4-17(23)16(10-14)20(26)27/h1-10H,(H,24,25)(H,26,27)/b6-3+. The van der Waals surface area contributed by atoms with E-state index in [9.17, 15) is 9.59 Å². The first-order valence-corrected chi connectivity index (χ1v) is 9.03. The smallest absolute Gasteiger partial charge is 0.337 e. The van der Waals surface area contributed by atoms with E-state index in [1.165, 1.54) is 30.4 Å². The van der Waals surface area contributed by atoms with Gasteiger partial charge in [-0.3, -0.25) is 4.79 Å². The van der Waals surface area contributed by atoms with Crippen LogP contribution in [0.1, 0.15) is 16.1 Å². The lowest BCUT2D eigenvalue weighted by Gasteiger charge is -2.04. The Morgan fingerprint density at radius 3 is 2.36 bits per heavy atom. The summed E-state index contributed by atoms with van der Waals surface area (Å²) in [5.41, 5.74) is 0.924. The average Bonchev–Trinajstić information content (AvgIpc) is 3.10. The van der Waals surface area contributed by atoms with Gasteiger partial charge in [0.15, 0.2) is 0 Å². The molecule has 1 heterocycles. The zero-order valence-corrected chi connectivity index (χ0v) is 16.3. The molecule has 0 saturated carbocycles. The summed E-state index contributed by atoms with van der Waals surface area (Å²) in [5, 5.41) is 12.7. The van der Waals surface area contributed by atoms with Crippen molar-refractivity contribution < 1.29 is 19.1 Å². The van der Waals surface area contributed by atoms with Crippen LogP contribution in [-0.2, 0) is 4.79 Å². The normalized spacial score (nSPS) is 11.0. The van der Waals surface area contributed by atoms with Crippen molar-refractivity contribution in [3.8, 4) is 11.3 Å². The quantitative estimate of drug-likeness (QED) is 0.463.